The summed E-state index contributed by atoms with van der Waals surface area (Å²) in [6.45, 7) is 8.20. The first-order chi connectivity index (χ1) is 19.4. The molecule has 0 unspecified atom stereocenters. The van der Waals surface area contributed by atoms with Crippen LogP contribution in [0.4, 0.5) is 0 Å². The second-order valence-corrected chi connectivity index (χ2v) is 10.5. The Hall–Kier alpha value is -4.84. The van der Waals surface area contributed by atoms with E-state index in [-0.39, 0.29) is 17.8 Å². The lowest BCUT2D eigenvalue weighted by Gasteiger charge is -2.10. The number of benzene rings is 4. The van der Waals surface area contributed by atoms with E-state index in [1.807, 2.05) is 95.8 Å². The van der Waals surface area contributed by atoms with Crippen LogP contribution in [-0.2, 0) is 0 Å². The van der Waals surface area contributed by atoms with Crippen molar-refractivity contribution in [3.63, 3.8) is 0 Å². The van der Waals surface area contributed by atoms with Gasteiger partial charge in [0.25, 0.3) is 0 Å². The second kappa shape index (κ2) is 10.4. The van der Waals surface area contributed by atoms with Crippen LogP contribution in [0.5, 0.6) is 0 Å². The molecule has 0 aliphatic heterocycles. The average molecular weight is 526 g/mol. The van der Waals surface area contributed by atoms with Gasteiger partial charge in [0, 0.05) is 28.8 Å². The summed E-state index contributed by atoms with van der Waals surface area (Å²) >= 11 is 0. The number of hydrogen-bond donors (Lipinski definition) is 0. The lowest BCUT2D eigenvalue weighted by atomic mass is 10.0. The minimum Gasteiger partial charge on any atom is -0.289 e. The van der Waals surface area contributed by atoms with E-state index in [1.165, 1.54) is 0 Å². The maximum absolute atomic E-state index is 13.2. The topological polar surface area (TPSA) is 65.6 Å². The van der Waals surface area contributed by atoms with Gasteiger partial charge in [0.15, 0.2) is 17.5 Å². The molecule has 0 aliphatic rings. The summed E-state index contributed by atoms with van der Waals surface area (Å²) in [4.78, 5) is 27.7. The van der Waals surface area contributed by atoms with E-state index in [1.54, 1.807) is 0 Å². The van der Waals surface area contributed by atoms with Crippen LogP contribution in [-0.4, -0.2) is 24.1 Å². The molecular weight excluding hydrogens is 494 g/mol. The lowest BCUT2D eigenvalue weighted by molar-refractivity contribution is 0.533. The molecule has 6 heteroatoms. The fraction of sp³-hybridized carbons (Fsp3) is 0.176. The summed E-state index contributed by atoms with van der Waals surface area (Å²) in [7, 11) is 0. The van der Waals surface area contributed by atoms with Crippen LogP contribution in [0.25, 0.3) is 56.3 Å². The molecule has 0 fully saturated rings. The fourth-order valence-corrected chi connectivity index (χ4v) is 5.17. The van der Waals surface area contributed by atoms with E-state index in [9.17, 15) is 4.79 Å². The first-order valence-electron chi connectivity index (χ1n) is 13.6. The summed E-state index contributed by atoms with van der Waals surface area (Å²) in [5.74, 6) is 1.90. The van der Waals surface area contributed by atoms with Crippen molar-refractivity contribution < 1.29 is 0 Å². The number of nitrogens with zero attached hydrogens (tertiary/aromatic N) is 5. The predicted octanol–water partition coefficient (Wildman–Crippen LogP) is 7.82. The van der Waals surface area contributed by atoms with Crippen molar-refractivity contribution in [2.75, 3.05) is 0 Å². The quantitative estimate of drug-likeness (QED) is 0.222. The number of imidazole rings is 1. The number of fused-ring (bicyclic) bond motifs is 1. The lowest BCUT2D eigenvalue weighted by Crippen LogP contribution is -2.26. The zero-order chi connectivity index (χ0) is 27.8. The van der Waals surface area contributed by atoms with E-state index < -0.39 is 0 Å². The van der Waals surface area contributed by atoms with Crippen molar-refractivity contribution in [3.05, 3.63) is 114 Å². The van der Waals surface area contributed by atoms with Gasteiger partial charge in [-0.1, -0.05) is 91.0 Å². The van der Waals surface area contributed by atoms with Crippen LogP contribution >= 0.6 is 0 Å². The molecule has 6 aromatic rings. The molecule has 40 heavy (non-hydrogen) atoms. The van der Waals surface area contributed by atoms with Crippen molar-refractivity contribution in [1.82, 2.24) is 24.1 Å². The molecular formula is C34H31N5O. The molecule has 0 radical (unpaired) electrons. The van der Waals surface area contributed by atoms with Crippen molar-refractivity contribution in [2.45, 2.75) is 39.8 Å². The Bertz CT molecular complexity index is 1790. The van der Waals surface area contributed by atoms with Crippen LogP contribution < -0.4 is 5.69 Å². The largest absolute Gasteiger partial charge is 0.329 e. The van der Waals surface area contributed by atoms with Gasteiger partial charge in [0.05, 0.1) is 11.0 Å². The van der Waals surface area contributed by atoms with E-state index in [4.69, 9.17) is 15.0 Å². The van der Waals surface area contributed by atoms with Gasteiger partial charge in [-0.25, -0.2) is 19.7 Å². The predicted molar refractivity (Wildman–Crippen MR) is 162 cm³/mol. The first kappa shape index (κ1) is 25.4. The van der Waals surface area contributed by atoms with Crippen molar-refractivity contribution >= 4 is 11.0 Å². The zero-order valence-electron chi connectivity index (χ0n) is 23.1. The Morgan fingerprint density at radius 1 is 0.475 bits per heavy atom. The van der Waals surface area contributed by atoms with Crippen molar-refractivity contribution in [3.8, 4) is 45.3 Å². The molecule has 0 amide bonds. The van der Waals surface area contributed by atoms with Gasteiger partial charge in [0.1, 0.15) is 0 Å². The smallest absolute Gasteiger partial charge is 0.289 e. The van der Waals surface area contributed by atoms with E-state index >= 15 is 0 Å². The summed E-state index contributed by atoms with van der Waals surface area (Å²) in [5, 5.41) is 0. The highest BCUT2D eigenvalue weighted by Crippen LogP contribution is 2.30. The highest BCUT2D eigenvalue weighted by atomic mass is 16.1. The van der Waals surface area contributed by atoms with Crippen LogP contribution in [0.3, 0.4) is 0 Å². The Balaban J connectivity index is 1.42. The normalized spacial score (nSPS) is 11.6. The molecule has 6 rings (SSSR count). The Morgan fingerprint density at radius 2 is 0.875 bits per heavy atom. The minimum absolute atomic E-state index is 0.0331. The van der Waals surface area contributed by atoms with E-state index in [0.717, 1.165) is 38.9 Å². The molecule has 0 saturated heterocycles. The Morgan fingerprint density at radius 3 is 1.35 bits per heavy atom. The van der Waals surface area contributed by atoms with Gasteiger partial charge in [-0.15, -0.1) is 0 Å². The summed E-state index contributed by atoms with van der Waals surface area (Å²) < 4.78 is 3.76. The van der Waals surface area contributed by atoms with Crippen LogP contribution in [0.15, 0.2) is 108 Å². The van der Waals surface area contributed by atoms with Gasteiger partial charge >= 0.3 is 5.69 Å². The van der Waals surface area contributed by atoms with Crippen LogP contribution in [0, 0.1) is 0 Å². The number of aromatic nitrogens is 5. The number of hydrogen-bond acceptors (Lipinski definition) is 4. The first-order valence-corrected chi connectivity index (χ1v) is 13.6. The van der Waals surface area contributed by atoms with Crippen molar-refractivity contribution in [1.29, 1.82) is 0 Å². The summed E-state index contributed by atoms with van der Waals surface area (Å²) in [6, 6.07) is 34.6. The number of rotatable bonds is 6. The molecule has 2 heterocycles. The molecule has 2 aromatic heterocycles. The highest BCUT2D eigenvalue weighted by Gasteiger charge is 2.18. The molecule has 198 valence electrons. The third-order valence-electron chi connectivity index (χ3n) is 7.12. The third kappa shape index (κ3) is 4.62. The van der Waals surface area contributed by atoms with Gasteiger partial charge in [-0.3, -0.25) is 9.13 Å². The van der Waals surface area contributed by atoms with Gasteiger partial charge < -0.3 is 0 Å². The van der Waals surface area contributed by atoms with Gasteiger partial charge in [0.2, 0.25) is 0 Å². The fourth-order valence-electron chi connectivity index (χ4n) is 5.17. The average Bonchev–Trinajstić information content (AvgIpc) is 3.29. The van der Waals surface area contributed by atoms with Crippen LogP contribution in [0.1, 0.15) is 39.8 Å². The Kier molecular flexibility index (Phi) is 6.60. The highest BCUT2D eigenvalue weighted by molar-refractivity contribution is 5.83. The zero-order valence-corrected chi connectivity index (χ0v) is 23.1. The summed E-state index contributed by atoms with van der Waals surface area (Å²) in [5.41, 5.74) is 6.85. The van der Waals surface area contributed by atoms with E-state index in [2.05, 4.69) is 44.2 Å². The third-order valence-corrected chi connectivity index (χ3v) is 7.12. The maximum Gasteiger partial charge on any atom is 0.329 e. The standard InChI is InChI=1S/C34H31N5O/c1-22(2)38-29-20-19-28(21-30(29)39(23(3)4)34(38)40)24-15-17-27(18-16-24)33-36-31(25-11-7-5-8-12-25)35-32(37-33)26-13-9-6-10-14-26/h5-23H,1-4H3. The van der Waals surface area contributed by atoms with Gasteiger partial charge in [-0.05, 0) is 51.0 Å². The Labute approximate surface area is 233 Å². The molecule has 0 bridgehead atoms. The minimum atomic E-state index is 0.0331. The van der Waals surface area contributed by atoms with Crippen molar-refractivity contribution in [2.24, 2.45) is 0 Å². The molecule has 4 aromatic carbocycles. The SMILES string of the molecule is CC(C)n1c(=O)n(C(C)C)c2cc(-c3ccc(-c4nc(-c5ccccc5)nc(-c5ccccc5)n4)cc3)ccc21. The second-order valence-electron chi connectivity index (χ2n) is 10.5. The molecule has 6 nitrogen and oxygen atoms in total. The van der Waals surface area contributed by atoms with Gasteiger partial charge in [-0.2, -0.15) is 0 Å². The molecule has 0 atom stereocenters. The molecule has 0 saturated carbocycles. The molecule has 0 N–H and O–H groups in total. The molecule has 0 aliphatic carbocycles. The summed E-state index contributed by atoms with van der Waals surface area (Å²) in [6.07, 6.45) is 0. The van der Waals surface area contributed by atoms with E-state index in [0.29, 0.717) is 17.5 Å². The van der Waals surface area contributed by atoms with Crippen LogP contribution in [0.2, 0.25) is 0 Å². The maximum atomic E-state index is 13.2. The monoisotopic (exact) mass is 525 g/mol. The molecule has 0 spiro atoms.